The van der Waals surface area contributed by atoms with Crippen LogP contribution in [-0.2, 0) is 14.3 Å². The largest absolute Gasteiger partial charge is 0.508 e. The molecule has 3 rings (SSSR count). The Balaban J connectivity index is 2.14. The Bertz CT molecular complexity index is 744. The topological polar surface area (TPSA) is 72.8 Å². The zero-order valence-electron chi connectivity index (χ0n) is 19.2. The average Bonchev–Trinajstić information content (AvgIpc) is 2.98. The van der Waals surface area contributed by atoms with Crippen molar-refractivity contribution in [3.8, 4) is 0 Å². The van der Waals surface area contributed by atoms with Gasteiger partial charge in [-0.3, -0.25) is 4.79 Å². The van der Waals surface area contributed by atoms with Crippen LogP contribution in [-0.4, -0.2) is 35.9 Å². The van der Waals surface area contributed by atoms with Gasteiger partial charge in [0, 0.05) is 22.7 Å². The lowest BCUT2D eigenvalue weighted by Gasteiger charge is -2.61. The standard InChI is InChI=1S/C25H38O5/c1-8-12-29-22(28)30-21-17(5)25-11-10-16(4)24(7,18(26)14-23(21,6)9-2)20(25)19(27)15(3)13-25/h9,16-18,20-21,26H,2-3,8,10-14H2,1,4-7H3/t16-,17+,18-,20+,21+,23-,24+,25+/m1/s1. The Kier molecular flexibility index (Phi) is 6.00. The number of Topliss-reactive ketones (excluding diaryl/α,β-unsaturated/α-hetero) is 1. The summed E-state index contributed by atoms with van der Waals surface area (Å²) < 4.78 is 11.2. The highest BCUT2D eigenvalue weighted by molar-refractivity contribution is 6.00. The molecule has 0 aromatic carbocycles. The lowest BCUT2D eigenvalue weighted by atomic mass is 9.44. The Morgan fingerprint density at radius 3 is 2.60 bits per heavy atom. The molecule has 3 aliphatic carbocycles. The maximum absolute atomic E-state index is 13.4. The third kappa shape index (κ3) is 3.16. The third-order valence-electron chi connectivity index (χ3n) is 8.93. The number of hydrogen-bond donors (Lipinski definition) is 1. The van der Waals surface area contributed by atoms with Crippen molar-refractivity contribution in [2.24, 2.45) is 34.0 Å². The molecule has 5 nitrogen and oxygen atoms in total. The molecule has 30 heavy (non-hydrogen) atoms. The fourth-order valence-electron chi connectivity index (χ4n) is 6.82. The summed E-state index contributed by atoms with van der Waals surface area (Å²) >= 11 is 0. The fourth-order valence-corrected chi connectivity index (χ4v) is 6.82. The van der Waals surface area contributed by atoms with Gasteiger partial charge in [-0.25, -0.2) is 4.79 Å². The molecule has 2 bridgehead atoms. The summed E-state index contributed by atoms with van der Waals surface area (Å²) in [5, 5.41) is 11.5. The minimum Gasteiger partial charge on any atom is -0.434 e. The second-order valence-corrected chi connectivity index (χ2v) is 10.5. The molecule has 3 fully saturated rings. The second-order valence-electron chi connectivity index (χ2n) is 10.5. The van der Waals surface area contributed by atoms with Crippen LogP contribution < -0.4 is 0 Å². The van der Waals surface area contributed by atoms with Gasteiger partial charge in [0.15, 0.2) is 5.78 Å². The Labute approximate surface area is 180 Å². The molecule has 5 heteroatoms. The highest BCUT2D eigenvalue weighted by Crippen LogP contribution is 2.68. The molecule has 0 spiro atoms. The van der Waals surface area contributed by atoms with Crippen LogP contribution in [0.15, 0.2) is 24.8 Å². The normalized spacial score (nSPS) is 45.9. The van der Waals surface area contributed by atoms with Crippen LogP contribution >= 0.6 is 0 Å². The van der Waals surface area contributed by atoms with Crippen molar-refractivity contribution < 1.29 is 24.2 Å². The van der Waals surface area contributed by atoms with Gasteiger partial charge in [0.2, 0.25) is 0 Å². The highest BCUT2D eigenvalue weighted by Gasteiger charge is 2.68. The van der Waals surface area contributed by atoms with Crippen LogP contribution in [0.4, 0.5) is 4.79 Å². The Hall–Kier alpha value is -1.62. The lowest BCUT2D eigenvalue weighted by molar-refractivity contribution is -0.194. The van der Waals surface area contributed by atoms with Crippen LogP contribution in [0.1, 0.15) is 66.7 Å². The molecule has 168 valence electrons. The zero-order valence-corrected chi connectivity index (χ0v) is 19.2. The summed E-state index contributed by atoms with van der Waals surface area (Å²) in [6.07, 6.45) is 3.29. The number of aliphatic hydroxyl groups excluding tert-OH is 1. The monoisotopic (exact) mass is 418 g/mol. The molecule has 0 saturated heterocycles. The van der Waals surface area contributed by atoms with E-state index >= 15 is 0 Å². The number of carbonyl (C=O) groups excluding carboxylic acids is 2. The van der Waals surface area contributed by atoms with Crippen molar-refractivity contribution in [3.05, 3.63) is 24.8 Å². The molecule has 3 saturated carbocycles. The van der Waals surface area contributed by atoms with Gasteiger partial charge in [-0.15, -0.1) is 6.58 Å². The van der Waals surface area contributed by atoms with Gasteiger partial charge in [-0.2, -0.15) is 0 Å². The number of ketones is 1. The van der Waals surface area contributed by atoms with Gasteiger partial charge in [-0.1, -0.05) is 47.3 Å². The molecule has 0 amide bonds. The number of carbonyl (C=O) groups is 2. The third-order valence-corrected chi connectivity index (χ3v) is 8.93. The first-order valence-corrected chi connectivity index (χ1v) is 11.3. The number of rotatable bonds is 4. The molecule has 0 aliphatic heterocycles. The molecule has 0 aromatic rings. The number of allylic oxidation sites excluding steroid dienone is 1. The summed E-state index contributed by atoms with van der Waals surface area (Å²) in [5.74, 6) is -0.154. The quantitative estimate of drug-likeness (QED) is 0.392. The van der Waals surface area contributed by atoms with E-state index in [1.807, 2.05) is 13.8 Å². The summed E-state index contributed by atoms with van der Waals surface area (Å²) in [5.41, 5.74) is -0.959. The molecular weight excluding hydrogens is 380 g/mol. The second kappa shape index (κ2) is 7.81. The molecule has 0 unspecified atom stereocenters. The van der Waals surface area contributed by atoms with Gasteiger partial charge in [-0.05, 0) is 49.0 Å². The first-order chi connectivity index (χ1) is 14.0. The SMILES string of the molecule is C=C[C@]1(C)C[C@@H](O)[C@]2(C)[C@H](C)CC[C@]3(CC(=C)C(=O)[C@H]32)[C@@H](C)[C@@H]1OC(=O)OCCC. The number of aliphatic hydroxyl groups is 1. The van der Waals surface area contributed by atoms with Gasteiger partial charge in [0.05, 0.1) is 12.7 Å². The van der Waals surface area contributed by atoms with Crippen LogP contribution in [0, 0.1) is 34.0 Å². The molecule has 0 heterocycles. The molecule has 3 aliphatic rings. The molecule has 1 N–H and O–H groups in total. The van der Waals surface area contributed by atoms with Crippen molar-refractivity contribution in [1.82, 2.24) is 0 Å². The molecule has 0 radical (unpaired) electrons. The smallest absolute Gasteiger partial charge is 0.434 e. The van der Waals surface area contributed by atoms with Gasteiger partial charge in [0.1, 0.15) is 6.10 Å². The van der Waals surface area contributed by atoms with Gasteiger partial charge >= 0.3 is 6.16 Å². The maximum Gasteiger partial charge on any atom is 0.508 e. The van der Waals surface area contributed by atoms with Gasteiger partial charge < -0.3 is 14.6 Å². The van der Waals surface area contributed by atoms with Crippen molar-refractivity contribution >= 4 is 11.9 Å². The average molecular weight is 419 g/mol. The van der Waals surface area contributed by atoms with E-state index in [1.54, 1.807) is 6.08 Å². The van der Waals surface area contributed by atoms with Crippen molar-refractivity contribution in [2.45, 2.75) is 78.9 Å². The maximum atomic E-state index is 13.4. The van der Waals surface area contributed by atoms with E-state index < -0.39 is 34.6 Å². The predicted octanol–water partition coefficient (Wildman–Crippen LogP) is 5.08. The summed E-state index contributed by atoms with van der Waals surface area (Å²) in [6.45, 7) is 18.7. The van der Waals surface area contributed by atoms with Crippen molar-refractivity contribution in [3.63, 3.8) is 0 Å². The van der Waals surface area contributed by atoms with E-state index in [4.69, 9.17) is 9.47 Å². The van der Waals surface area contributed by atoms with E-state index in [1.165, 1.54) is 0 Å². The van der Waals surface area contributed by atoms with Crippen LogP contribution in [0.25, 0.3) is 0 Å². The van der Waals surface area contributed by atoms with E-state index in [2.05, 4.69) is 33.9 Å². The van der Waals surface area contributed by atoms with E-state index in [9.17, 15) is 14.7 Å². The molecular formula is C25H38O5. The Morgan fingerprint density at radius 1 is 1.33 bits per heavy atom. The predicted molar refractivity (Wildman–Crippen MR) is 116 cm³/mol. The number of ether oxygens (including phenoxy) is 2. The summed E-state index contributed by atoms with van der Waals surface area (Å²) in [6, 6.07) is 0. The lowest BCUT2D eigenvalue weighted by Crippen LogP contribution is -2.62. The summed E-state index contributed by atoms with van der Waals surface area (Å²) in [7, 11) is 0. The van der Waals surface area contributed by atoms with Crippen LogP contribution in [0.5, 0.6) is 0 Å². The minimum absolute atomic E-state index is 0.0736. The van der Waals surface area contributed by atoms with E-state index in [0.29, 0.717) is 31.4 Å². The number of hydrogen-bond acceptors (Lipinski definition) is 5. The molecule has 8 atom stereocenters. The van der Waals surface area contributed by atoms with Crippen LogP contribution in [0.2, 0.25) is 0 Å². The first-order valence-electron chi connectivity index (χ1n) is 11.3. The first kappa shape index (κ1) is 23.1. The van der Waals surface area contributed by atoms with Crippen molar-refractivity contribution in [2.75, 3.05) is 6.61 Å². The van der Waals surface area contributed by atoms with E-state index in [0.717, 1.165) is 12.8 Å². The van der Waals surface area contributed by atoms with Crippen molar-refractivity contribution in [1.29, 1.82) is 0 Å². The summed E-state index contributed by atoms with van der Waals surface area (Å²) in [4.78, 5) is 25.9. The zero-order chi connectivity index (χ0) is 22.5. The highest BCUT2D eigenvalue weighted by atomic mass is 16.7. The molecule has 0 aromatic heterocycles. The fraction of sp³-hybridized carbons (Fsp3) is 0.760. The van der Waals surface area contributed by atoms with Crippen LogP contribution in [0.3, 0.4) is 0 Å². The van der Waals surface area contributed by atoms with Gasteiger partial charge in [0.25, 0.3) is 0 Å². The van der Waals surface area contributed by atoms with E-state index in [-0.39, 0.29) is 23.5 Å². The Morgan fingerprint density at radius 2 is 2.00 bits per heavy atom. The minimum atomic E-state index is -0.722.